The average molecular weight is 455 g/mol. The molecule has 2 heterocycles. The van der Waals surface area contributed by atoms with Gasteiger partial charge in [0.1, 0.15) is 48.8 Å². The number of aliphatic hydroxyl groups excluding tert-OH is 7. The lowest BCUT2D eigenvalue weighted by molar-refractivity contribution is -0.377. The largest absolute Gasteiger partial charge is 0.394 e. The van der Waals surface area contributed by atoms with Crippen LogP contribution in [0.3, 0.4) is 0 Å². The molecule has 0 amide bonds. The second-order valence-corrected chi connectivity index (χ2v) is 8.19. The van der Waals surface area contributed by atoms with Crippen molar-refractivity contribution in [2.75, 3.05) is 19.8 Å². The Morgan fingerprint density at radius 1 is 0.645 bits per heavy atom. The van der Waals surface area contributed by atoms with Gasteiger partial charge in [-0.3, -0.25) is 0 Å². The normalized spacial score (nSPS) is 41.4. The van der Waals surface area contributed by atoms with Crippen molar-refractivity contribution in [2.24, 2.45) is 0 Å². The molecule has 7 N–H and O–H groups in total. The lowest BCUT2D eigenvalue weighted by Gasteiger charge is -2.44. The SMILES string of the molecule is CCCCCCCCOC[C@H]1OC(O[C@H]2O[C@H](CO)[C@@H](O)[C@@H](O)[C@H]2O)[C@H](O)[C@@H](O)[C@@H]1O. The molecule has 2 rings (SSSR count). The van der Waals surface area contributed by atoms with Crippen LogP contribution in [0.1, 0.15) is 45.4 Å². The molecule has 0 saturated carbocycles. The summed E-state index contributed by atoms with van der Waals surface area (Å²) in [6.45, 7) is 1.91. The van der Waals surface area contributed by atoms with Gasteiger partial charge in [-0.25, -0.2) is 0 Å². The lowest BCUT2D eigenvalue weighted by atomic mass is 9.98. The van der Waals surface area contributed by atoms with Crippen LogP contribution in [0.25, 0.3) is 0 Å². The maximum atomic E-state index is 10.2. The van der Waals surface area contributed by atoms with E-state index in [0.29, 0.717) is 6.61 Å². The van der Waals surface area contributed by atoms with E-state index < -0.39 is 68.0 Å². The minimum Gasteiger partial charge on any atom is -0.394 e. The third-order valence-corrected chi connectivity index (χ3v) is 5.71. The molecule has 1 unspecified atom stereocenters. The van der Waals surface area contributed by atoms with Crippen molar-refractivity contribution in [2.45, 2.75) is 107 Å². The first-order valence-corrected chi connectivity index (χ1v) is 11.0. The Balaban J connectivity index is 1.85. The lowest BCUT2D eigenvalue weighted by Crippen LogP contribution is -2.63. The van der Waals surface area contributed by atoms with Crippen LogP contribution < -0.4 is 0 Å². The summed E-state index contributed by atoms with van der Waals surface area (Å²) in [5, 5.41) is 69.6. The minimum atomic E-state index is -1.69. The summed E-state index contributed by atoms with van der Waals surface area (Å²) in [5.41, 5.74) is 0. The molecule has 0 radical (unpaired) electrons. The van der Waals surface area contributed by atoms with Crippen molar-refractivity contribution in [3.63, 3.8) is 0 Å². The fourth-order valence-electron chi connectivity index (χ4n) is 3.66. The minimum absolute atomic E-state index is 0.0472. The Labute approximate surface area is 182 Å². The molecular formula is C20H38O11. The van der Waals surface area contributed by atoms with Gasteiger partial charge in [-0.15, -0.1) is 0 Å². The van der Waals surface area contributed by atoms with Crippen molar-refractivity contribution in [1.82, 2.24) is 0 Å². The fourth-order valence-corrected chi connectivity index (χ4v) is 3.66. The molecule has 0 aromatic carbocycles. The maximum absolute atomic E-state index is 10.2. The van der Waals surface area contributed by atoms with E-state index >= 15 is 0 Å². The molecule has 0 aromatic rings. The van der Waals surface area contributed by atoms with Gasteiger partial charge in [0, 0.05) is 6.61 Å². The Kier molecular flexibility index (Phi) is 11.5. The number of unbranched alkanes of at least 4 members (excludes halogenated alkanes) is 5. The summed E-state index contributed by atoms with van der Waals surface area (Å²) in [7, 11) is 0. The van der Waals surface area contributed by atoms with Crippen LogP contribution in [0.2, 0.25) is 0 Å². The summed E-state index contributed by atoms with van der Waals surface area (Å²) < 4.78 is 21.7. The molecule has 0 aliphatic carbocycles. The van der Waals surface area contributed by atoms with Gasteiger partial charge in [-0.05, 0) is 6.42 Å². The topological polar surface area (TPSA) is 179 Å². The average Bonchev–Trinajstić information content (AvgIpc) is 2.76. The van der Waals surface area contributed by atoms with E-state index in [1.807, 2.05) is 0 Å². The first-order chi connectivity index (χ1) is 14.8. The molecule has 31 heavy (non-hydrogen) atoms. The zero-order valence-electron chi connectivity index (χ0n) is 17.9. The zero-order valence-corrected chi connectivity index (χ0v) is 17.9. The smallest absolute Gasteiger partial charge is 0.189 e. The summed E-state index contributed by atoms with van der Waals surface area (Å²) in [6.07, 6.45) is -8.32. The van der Waals surface area contributed by atoms with Crippen molar-refractivity contribution < 1.29 is 54.7 Å². The quantitative estimate of drug-likeness (QED) is 0.162. The van der Waals surface area contributed by atoms with Crippen LogP contribution in [-0.2, 0) is 18.9 Å². The number of ether oxygens (including phenoxy) is 4. The van der Waals surface area contributed by atoms with Crippen LogP contribution in [0, 0.1) is 0 Å². The maximum Gasteiger partial charge on any atom is 0.189 e. The highest BCUT2D eigenvalue weighted by atomic mass is 16.8. The van der Waals surface area contributed by atoms with Crippen LogP contribution in [0.4, 0.5) is 0 Å². The van der Waals surface area contributed by atoms with Gasteiger partial charge in [0.25, 0.3) is 0 Å². The predicted molar refractivity (Wildman–Crippen MR) is 106 cm³/mol. The Bertz CT molecular complexity index is 494. The first-order valence-electron chi connectivity index (χ1n) is 11.0. The second kappa shape index (κ2) is 13.3. The van der Waals surface area contributed by atoms with Crippen LogP contribution in [-0.4, -0.2) is 117 Å². The summed E-state index contributed by atoms with van der Waals surface area (Å²) in [6, 6.07) is 0. The van der Waals surface area contributed by atoms with Crippen molar-refractivity contribution >= 4 is 0 Å². The molecular weight excluding hydrogens is 416 g/mol. The van der Waals surface area contributed by atoms with E-state index in [4.69, 9.17) is 18.9 Å². The monoisotopic (exact) mass is 454 g/mol. The Morgan fingerprint density at radius 3 is 1.74 bits per heavy atom. The van der Waals surface area contributed by atoms with Gasteiger partial charge in [0.2, 0.25) is 0 Å². The molecule has 10 atom stereocenters. The van der Waals surface area contributed by atoms with E-state index in [1.165, 1.54) is 19.3 Å². The van der Waals surface area contributed by atoms with E-state index in [-0.39, 0.29) is 6.61 Å². The Hall–Kier alpha value is -0.440. The van der Waals surface area contributed by atoms with E-state index in [2.05, 4.69) is 6.92 Å². The molecule has 11 nitrogen and oxygen atoms in total. The zero-order chi connectivity index (χ0) is 23.0. The third-order valence-electron chi connectivity index (χ3n) is 5.71. The van der Waals surface area contributed by atoms with E-state index in [0.717, 1.165) is 19.3 Å². The highest BCUT2D eigenvalue weighted by Crippen LogP contribution is 2.28. The van der Waals surface area contributed by atoms with Gasteiger partial charge in [-0.2, -0.15) is 0 Å². The van der Waals surface area contributed by atoms with Crippen LogP contribution in [0.15, 0.2) is 0 Å². The predicted octanol–water partition coefficient (Wildman–Crippen LogP) is -2.01. The van der Waals surface area contributed by atoms with Gasteiger partial charge in [0.05, 0.1) is 13.2 Å². The molecule has 0 spiro atoms. The molecule has 2 fully saturated rings. The number of rotatable bonds is 12. The van der Waals surface area contributed by atoms with Gasteiger partial charge in [-0.1, -0.05) is 39.0 Å². The van der Waals surface area contributed by atoms with Crippen LogP contribution in [0.5, 0.6) is 0 Å². The van der Waals surface area contributed by atoms with Crippen molar-refractivity contribution in [1.29, 1.82) is 0 Å². The molecule has 184 valence electrons. The third kappa shape index (κ3) is 7.27. The standard InChI is InChI=1S/C20H38O11/c1-2-3-4-5-6-7-8-28-10-12-14(23)16(25)18(27)20(30-12)31-19-17(26)15(24)13(22)11(9-21)29-19/h11-27H,2-10H2,1H3/t11-,12-,13-,14-,15-,16+,17-,18-,19-,20?/m1/s1. The highest BCUT2D eigenvalue weighted by molar-refractivity contribution is 4.92. The van der Waals surface area contributed by atoms with Crippen molar-refractivity contribution in [3.8, 4) is 0 Å². The van der Waals surface area contributed by atoms with Gasteiger partial charge >= 0.3 is 0 Å². The second-order valence-electron chi connectivity index (χ2n) is 8.19. The number of hydrogen-bond donors (Lipinski definition) is 7. The number of hydrogen-bond acceptors (Lipinski definition) is 11. The van der Waals surface area contributed by atoms with Crippen LogP contribution >= 0.6 is 0 Å². The molecule has 2 saturated heterocycles. The molecule has 2 aliphatic heterocycles. The fraction of sp³-hybridized carbons (Fsp3) is 1.00. The molecule has 2 aliphatic rings. The summed E-state index contributed by atoms with van der Waals surface area (Å²) >= 11 is 0. The van der Waals surface area contributed by atoms with Gasteiger partial charge < -0.3 is 54.7 Å². The first kappa shape index (κ1) is 26.8. The summed E-state index contributed by atoms with van der Waals surface area (Å²) in [4.78, 5) is 0. The molecule has 0 bridgehead atoms. The van der Waals surface area contributed by atoms with E-state index in [1.54, 1.807) is 0 Å². The molecule has 0 aromatic heterocycles. The van der Waals surface area contributed by atoms with Gasteiger partial charge in [0.15, 0.2) is 12.6 Å². The molecule has 11 heteroatoms. The summed E-state index contributed by atoms with van der Waals surface area (Å²) in [5.74, 6) is 0. The van der Waals surface area contributed by atoms with Crippen molar-refractivity contribution in [3.05, 3.63) is 0 Å². The van der Waals surface area contributed by atoms with E-state index in [9.17, 15) is 35.7 Å². The Morgan fingerprint density at radius 2 is 1.16 bits per heavy atom. The number of aliphatic hydroxyl groups is 7. The highest BCUT2D eigenvalue weighted by Gasteiger charge is 2.49.